The van der Waals surface area contributed by atoms with Crippen molar-refractivity contribution in [1.82, 2.24) is 16.0 Å². The number of Topliss-reactive ketones (excluding diaryl/α,β-unsaturated/α-hetero) is 1. The van der Waals surface area contributed by atoms with Crippen LogP contribution in [0.1, 0.15) is 118 Å². The maximum atomic E-state index is 12.3. The molecule has 0 heterocycles. The monoisotopic (exact) mass is 479 g/mol. The lowest BCUT2D eigenvalue weighted by molar-refractivity contribution is -0.140. The summed E-state index contributed by atoms with van der Waals surface area (Å²) >= 11 is 0. The molecule has 7 nitrogen and oxygen atoms in total. The van der Waals surface area contributed by atoms with Crippen molar-refractivity contribution < 1.29 is 19.2 Å². The van der Waals surface area contributed by atoms with Gasteiger partial charge in [-0.1, -0.05) is 72.6 Å². The van der Waals surface area contributed by atoms with E-state index in [0.717, 1.165) is 51.4 Å². The Morgan fingerprint density at radius 1 is 0.676 bits per heavy atom. The van der Waals surface area contributed by atoms with E-state index in [1.165, 1.54) is 6.42 Å². The number of hydrogen-bond donors (Lipinski definition) is 3. The van der Waals surface area contributed by atoms with E-state index in [-0.39, 0.29) is 17.9 Å². The lowest BCUT2D eigenvalue weighted by Crippen LogP contribution is -2.49. The molecule has 1 saturated carbocycles. The zero-order valence-electron chi connectivity index (χ0n) is 22.0. The summed E-state index contributed by atoms with van der Waals surface area (Å²) in [4.78, 5) is 49.0. The highest BCUT2D eigenvalue weighted by atomic mass is 16.2. The molecule has 1 rings (SSSR count). The lowest BCUT2D eigenvalue weighted by Gasteiger charge is -2.29. The highest BCUT2D eigenvalue weighted by molar-refractivity contribution is 6.36. The van der Waals surface area contributed by atoms with Crippen molar-refractivity contribution in [3.05, 3.63) is 0 Å². The van der Waals surface area contributed by atoms with Crippen LogP contribution >= 0.6 is 0 Å². The van der Waals surface area contributed by atoms with Gasteiger partial charge >= 0.3 is 11.8 Å². The number of carbonyl (C=O) groups is 4. The average molecular weight is 480 g/mol. The Kier molecular flexibility index (Phi) is 15.5. The van der Waals surface area contributed by atoms with Crippen LogP contribution < -0.4 is 16.0 Å². The van der Waals surface area contributed by atoms with Gasteiger partial charge in [-0.05, 0) is 50.4 Å². The largest absolute Gasteiger partial charge is 0.348 e. The third-order valence-corrected chi connectivity index (χ3v) is 7.27. The van der Waals surface area contributed by atoms with Gasteiger partial charge in [0.1, 0.15) is 0 Å². The van der Waals surface area contributed by atoms with Gasteiger partial charge in [-0.25, -0.2) is 0 Å². The fraction of sp³-hybridized carbons (Fsp3) is 0.852. The fourth-order valence-corrected chi connectivity index (χ4v) is 4.65. The summed E-state index contributed by atoms with van der Waals surface area (Å²) in [6.45, 7) is 9.09. The van der Waals surface area contributed by atoms with Crippen LogP contribution in [0.15, 0.2) is 0 Å². The van der Waals surface area contributed by atoms with Crippen molar-refractivity contribution in [2.24, 2.45) is 11.8 Å². The topological polar surface area (TPSA) is 104 Å². The van der Waals surface area contributed by atoms with Crippen molar-refractivity contribution in [2.45, 2.75) is 130 Å². The third-order valence-electron chi connectivity index (χ3n) is 7.27. The van der Waals surface area contributed by atoms with Gasteiger partial charge < -0.3 is 16.0 Å². The Hall–Kier alpha value is -1.92. The van der Waals surface area contributed by atoms with Crippen LogP contribution in [0.5, 0.6) is 0 Å². The molecule has 196 valence electrons. The summed E-state index contributed by atoms with van der Waals surface area (Å²) in [7, 11) is 0. The highest BCUT2D eigenvalue weighted by Gasteiger charge is 2.27. The van der Waals surface area contributed by atoms with Crippen molar-refractivity contribution in [1.29, 1.82) is 0 Å². The summed E-state index contributed by atoms with van der Waals surface area (Å²) in [5, 5.41) is 8.47. The molecule has 0 saturated heterocycles. The Labute approximate surface area is 207 Å². The molecule has 0 radical (unpaired) electrons. The molecule has 0 aromatic rings. The standard InChI is InChI=1S/C27H49N3O4/c1-5-9-11-20(7-3)13-18-24(31)25(32)29-22-14-16-23(17-15-22)30-27(34)26(33)28-19-21(8-4)12-10-6-2/h20-23H,5-19H2,1-4H3,(H,28,33)(H,29,32)(H,30,34). The molecule has 1 aliphatic rings. The first-order chi connectivity index (χ1) is 16.3. The van der Waals surface area contributed by atoms with Gasteiger partial charge in [0.2, 0.25) is 5.78 Å². The van der Waals surface area contributed by atoms with Crippen LogP contribution in [0.3, 0.4) is 0 Å². The number of rotatable bonds is 16. The van der Waals surface area contributed by atoms with E-state index in [0.29, 0.717) is 50.5 Å². The van der Waals surface area contributed by atoms with Crippen LogP contribution in [-0.4, -0.2) is 42.1 Å². The maximum absolute atomic E-state index is 12.3. The predicted molar refractivity (Wildman–Crippen MR) is 136 cm³/mol. The first-order valence-corrected chi connectivity index (χ1v) is 13.8. The lowest BCUT2D eigenvalue weighted by atomic mass is 9.90. The molecule has 2 unspecified atom stereocenters. The van der Waals surface area contributed by atoms with Gasteiger partial charge in [-0.15, -0.1) is 0 Å². The first kappa shape index (κ1) is 30.1. The number of carbonyl (C=O) groups excluding carboxylic acids is 4. The number of nitrogens with one attached hydrogen (secondary N) is 3. The Bertz CT molecular complexity index is 575. The second-order valence-electron chi connectivity index (χ2n) is 10.0. The molecule has 0 spiro atoms. The smallest absolute Gasteiger partial charge is 0.309 e. The Balaban J connectivity index is 2.30. The maximum Gasteiger partial charge on any atom is 0.309 e. The molecule has 1 fully saturated rings. The van der Waals surface area contributed by atoms with Crippen LogP contribution in [0.2, 0.25) is 0 Å². The van der Waals surface area contributed by atoms with Crippen LogP contribution in [0, 0.1) is 11.8 Å². The normalized spacial score (nSPS) is 19.6. The zero-order valence-corrected chi connectivity index (χ0v) is 22.0. The van der Waals surface area contributed by atoms with Crippen LogP contribution in [0.4, 0.5) is 0 Å². The Morgan fingerprint density at radius 3 is 1.68 bits per heavy atom. The van der Waals surface area contributed by atoms with Gasteiger partial charge in [-0.3, -0.25) is 19.2 Å². The number of unbranched alkanes of at least 4 members (excludes halogenated alkanes) is 2. The molecule has 2 atom stereocenters. The van der Waals surface area contributed by atoms with Gasteiger partial charge in [0, 0.05) is 25.0 Å². The van der Waals surface area contributed by atoms with E-state index in [2.05, 4.69) is 43.6 Å². The molecule has 3 amide bonds. The number of ketones is 1. The molecule has 0 aliphatic heterocycles. The van der Waals surface area contributed by atoms with Crippen molar-refractivity contribution in [3.63, 3.8) is 0 Å². The molecular weight excluding hydrogens is 430 g/mol. The minimum Gasteiger partial charge on any atom is -0.348 e. The minimum absolute atomic E-state index is 0.0515. The molecule has 0 aromatic carbocycles. The van der Waals surface area contributed by atoms with Crippen LogP contribution in [0.25, 0.3) is 0 Å². The average Bonchev–Trinajstić information content (AvgIpc) is 2.84. The van der Waals surface area contributed by atoms with Crippen molar-refractivity contribution in [2.75, 3.05) is 6.54 Å². The molecular formula is C27H49N3O4. The van der Waals surface area contributed by atoms with Crippen molar-refractivity contribution >= 4 is 23.5 Å². The molecule has 7 heteroatoms. The molecule has 0 bridgehead atoms. The summed E-state index contributed by atoms with van der Waals surface area (Å²) in [6.07, 6.45) is 12.6. The summed E-state index contributed by atoms with van der Waals surface area (Å²) < 4.78 is 0. The van der Waals surface area contributed by atoms with E-state index in [1.807, 2.05) is 0 Å². The predicted octanol–water partition coefficient (Wildman–Crippen LogP) is 4.43. The Morgan fingerprint density at radius 2 is 1.18 bits per heavy atom. The van der Waals surface area contributed by atoms with E-state index in [1.54, 1.807) is 0 Å². The third kappa shape index (κ3) is 12.0. The van der Waals surface area contributed by atoms with E-state index in [4.69, 9.17) is 0 Å². The van der Waals surface area contributed by atoms with Gasteiger partial charge in [0.15, 0.2) is 0 Å². The minimum atomic E-state index is -0.582. The summed E-state index contributed by atoms with van der Waals surface area (Å²) in [6, 6.07) is -0.127. The molecule has 1 aliphatic carbocycles. The first-order valence-electron chi connectivity index (χ1n) is 13.8. The molecule has 34 heavy (non-hydrogen) atoms. The van der Waals surface area contributed by atoms with Gasteiger partial charge in [0.25, 0.3) is 5.91 Å². The van der Waals surface area contributed by atoms with Gasteiger partial charge in [-0.2, -0.15) is 0 Å². The highest BCUT2D eigenvalue weighted by Crippen LogP contribution is 2.20. The molecule has 0 aromatic heterocycles. The number of amides is 3. The second-order valence-corrected chi connectivity index (χ2v) is 10.0. The van der Waals surface area contributed by atoms with Crippen molar-refractivity contribution in [3.8, 4) is 0 Å². The van der Waals surface area contributed by atoms with Crippen LogP contribution in [-0.2, 0) is 19.2 Å². The summed E-state index contributed by atoms with van der Waals surface area (Å²) in [5.74, 6) is -1.04. The fourth-order valence-electron chi connectivity index (χ4n) is 4.65. The SMILES string of the molecule is CCCCC(CC)CCC(=O)C(=O)NC1CCC(NC(=O)C(=O)NCC(CC)CCCC)CC1. The molecule has 3 N–H and O–H groups in total. The van der Waals surface area contributed by atoms with E-state index >= 15 is 0 Å². The number of hydrogen-bond acceptors (Lipinski definition) is 4. The van der Waals surface area contributed by atoms with E-state index in [9.17, 15) is 19.2 Å². The van der Waals surface area contributed by atoms with Gasteiger partial charge in [0.05, 0.1) is 0 Å². The van der Waals surface area contributed by atoms with E-state index < -0.39 is 17.7 Å². The second kappa shape index (κ2) is 17.5. The zero-order chi connectivity index (χ0) is 25.3. The quantitative estimate of drug-likeness (QED) is 0.285. The summed E-state index contributed by atoms with van der Waals surface area (Å²) in [5.41, 5.74) is 0.